The fourth-order valence-corrected chi connectivity index (χ4v) is 1.07. The first-order valence-corrected chi connectivity index (χ1v) is 3.40. The van der Waals surface area contributed by atoms with Crippen molar-refractivity contribution >= 4 is 23.6 Å². The van der Waals surface area contributed by atoms with E-state index in [0.29, 0.717) is 17.7 Å². The van der Waals surface area contributed by atoms with Gasteiger partial charge < -0.3 is 5.73 Å². The molecule has 0 spiro atoms. The molecular formula is C4H3N9. The molecule has 9 nitrogen and oxygen atoms in total. The average Bonchev–Trinajstić information content (AvgIpc) is 2.50. The minimum absolute atomic E-state index is 0.117. The van der Waals surface area contributed by atoms with E-state index < -0.39 is 0 Å². The highest BCUT2D eigenvalue weighted by atomic mass is 15.6. The summed E-state index contributed by atoms with van der Waals surface area (Å²) in [6.45, 7) is 0. The van der Waals surface area contributed by atoms with Crippen LogP contribution in [0.4, 0.5) is 17.8 Å². The summed E-state index contributed by atoms with van der Waals surface area (Å²) in [6, 6.07) is 0. The number of anilines is 2. The molecular weight excluding hydrogens is 174 g/mol. The van der Waals surface area contributed by atoms with Gasteiger partial charge in [-0.25, -0.2) is 9.83 Å². The van der Waals surface area contributed by atoms with Crippen LogP contribution in [0.5, 0.6) is 0 Å². The van der Waals surface area contributed by atoms with Gasteiger partial charge in [-0.3, -0.25) is 0 Å². The minimum atomic E-state index is 0.117. The van der Waals surface area contributed by atoms with Crippen LogP contribution in [0.2, 0.25) is 0 Å². The van der Waals surface area contributed by atoms with Gasteiger partial charge in [-0.1, -0.05) is 10.3 Å². The predicted molar refractivity (Wildman–Crippen MR) is 41.1 cm³/mol. The number of nitrogen functional groups attached to an aromatic ring is 1. The SMILES string of the molecule is Nc1nc2n3c(nnc3n1)N=NN2. The third-order valence-corrected chi connectivity index (χ3v) is 1.57. The molecule has 0 fully saturated rings. The first-order valence-electron chi connectivity index (χ1n) is 3.40. The summed E-state index contributed by atoms with van der Waals surface area (Å²) in [6.07, 6.45) is 0. The fourth-order valence-electron chi connectivity index (χ4n) is 1.07. The van der Waals surface area contributed by atoms with Crippen molar-refractivity contribution in [3.8, 4) is 0 Å². The van der Waals surface area contributed by atoms with Crippen LogP contribution in [-0.2, 0) is 0 Å². The second kappa shape index (κ2) is 1.88. The summed E-state index contributed by atoms with van der Waals surface area (Å²) in [4.78, 5) is 7.74. The topological polar surface area (TPSA) is 119 Å². The predicted octanol–water partition coefficient (Wildman–Crippen LogP) is -0.474. The molecule has 0 aromatic carbocycles. The van der Waals surface area contributed by atoms with Crippen LogP contribution in [0, 0.1) is 0 Å². The van der Waals surface area contributed by atoms with Crippen LogP contribution in [0.25, 0.3) is 5.78 Å². The second-order valence-corrected chi connectivity index (χ2v) is 2.35. The molecule has 9 heteroatoms. The molecule has 3 heterocycles. The molecule has 1 aliphatic heterocycles. The molecule has 2 aromatic heterocycles. The number of nitrogens with zero attached hydrogens (tertiary/aromatic N) is 7. The molecule has 1 aliphatic rings. The molecule has 0 atom stereocenters. The Hall–Kier alpha value is -2.32. The molecule has 0 saturated heterocycles. The first kappa shape index (κ1) is 6.22. The molecule has 13 heavy (non-hydrogen) atoms. The molecule has 0 aliphatic carbocycles. The Morgan fingerprint density at radius 3 is 3.08 bits per heavy atom. The maximum absolute atomic E-state index is 5.42. The Labute approximate surface area is 70.7 Å². The average molecular weight is 177 g/mol. The zero-order chi connectivity index (χ0) is 8.84. The molecule has 0 radical (unpaired) electrons. The van der Waals surface area contributed by atoms with Gasteiger partial charge in [0, 0.05) is 0 Å². The molecule has 64 valence electrons. The molecule has 0 saturated carbocycles. The maximum Gasteiger partial charge on any atom is 0.280 e. The number of aromatic nitrogens is 5. The molecule has 3 rings (SSSR count). The Bertz CT molecular complexity index is 510. The van der Waals surface area contributed by atoms with Gasteiger partial charge in [0.2, 0.25) is 11.9 Å². The van der Waals surface area contributed by atoms with Gasteiger partial charge in [-0.05, 0) is 0 Å². The van der Waals surface area contributed by atoms with Gasteiger partial charge in [0.05, 0.1) is 0 Å². The lowest BCUT2D eigenvalue weighted by Gasteiger charge is -2.05. The van der Waals surface area contributed by atoms with E-state index in [4.69, 9.17) is 5.73 Å². The van der Waals surface area contributed by atoms with Gasteiger partial charge >= 0.3 is 0 Å². The maximum atomic E-state index is 5.42. The van der Waals surface area contributed by atoms with Crippen LogP contribution in [0.3, 0.4) is 0 Å². The van der Waals surface area contributed by atoms with Gasteiger partial charge in [-0.15, -0.1) is 10.2 Å². The van der Waals surface area contributed by atoms with Crippen molar-refractivity contribution in [1.82, 2.24) is 24.6 Å². The third-order valence-electron chi connectivity index (χ3n) is 1.57. The normalized spacial score (nSPS) is 13.2. The summed E-state index contributed by atoms with van der Waals surface area (Å²) < 4.78 is 1.52. The van der Waals surface area contributed by atoms with Crippen molar-refractivity contribution in [2.75, 3.05) is 11.2 Å². The van der Waals surface area contributed by atoms with Crippen molar-refractivity contribution in [2.24, 2.45) is 10.3 Å². The highest BCUT2D eigenvalue weighted by Gasteiger charge is 2.15. The third kappa shape index (κ3) is 0.694. The van der Waals surface area contributed by atoms with E-state index in [9.17, 15) is 0 Å². The van der Waals surface area contributed by atoms with E-state index in [2.05, 4.69) is 35.9 Å². The second-order valence-electron chi connectivity index (χ2n) is 2.35. The smallest absolute Gasteiger partial charge is 0.280 e. The molecule has 3 N–H and O–H groups in total. The highest BCUT2D eigenvalue weighted by Crippen LogP contribution is 2.20. The van der Waals surface area contributed by atoms with Crippen LogP contribution in [0.15, 0.2) is 10.3 Å². The summed E-state index contributed by atoms with van der Waals surface area (Å²) >= 11 is 0. The highest BCUT2D eigenvalue weighted by molar-refractivity contribution is 5.49. The summed E-state index contributed by atoms with van der Waals surface area (Å²) in [7, 11) is 0. The van der Waals surface area contributed by atoms with Crippen molar-refractivity contribution in [3.63, 3.8) is 0 Å². The van der Waals surface area contributed by atoms with Crippen molar-refractivity contribution < 1.29 is 0 Å². The van der Waals surface area contributed by atoms with Gasteiger partial charge in [-0.2, -0.15) is 9.97 Å². The van der Waals surface area contributed by atoms with Crippen LogP contribution in [0.1, 0.15) is 0 Å². The Balaban J connectivity index is 2.52. The summed E-state index contributed by atoms with van der Waals surface area (Å²) in [5.74, 6) is 1.22. The standard InChI is InChI=1S/C4H3N9/c5-1-6-2-8-9-4-11-12-10-3(7-1)13(2)4/h(H3,5,6,7,8,9,10,11). The van der Waals surface area contributed by atoms with Crippen molar-refractivity contribution in [2.45, 2.75) is 0 Å². The van der Waals surface area contributed by atoms with E-state index in [0.717, 1.165) is 0 Å². The monoisotopic (exact) mass is 177 g/mol. The molecule has 0 bridgehead atoms. The Morgan fingerprint density at radius 1 is 1.23 bits per heavy atom. The molecule has 0 unspecified atom stereocenters. The van der Waals surface area contributed by atoms with Crippen molar-refractivity contribution in [1.29, 1.82) is 0 Å². The molecule has 0 amide bonds. The Morgan fingerprint density at radius 2 is 2.15 bits per heavy atom. The number of hydrogen-bond donors (Lipinski definition) is 2. The molecule has 2 aromatic rings. The van der Waals surface area contributed by atoms with Gasteiger partial charge in [0.15, 0.2) is 0 Å². The zero-order valence-electron chi connectivity index (χ0n) is 6.21. The van der Waals surface area contributed by atoms with E-state index in [-0.39, 0.29) is 5.95 Å². The first-order chi connectivity index (χ1) is 6.34. The Kier molecular flexibility index (Phi) is 0.902. The fraction of sp³-hybridized carbons (Fsp3) is 0. The largest absolute Gasteiger partial charge is 0.368 e. The number of rotatable bonds is 0. The minimum Gasteiger partial charge on any atom is -0.368 e. The summed E-state index contributed by atoms with van der Waals surface area (Å²) in [5, 5.41) is 14.7. The van der Waals surface area contributed by atoms with E-state index in [1.165, 1.54) is 4.40 Å². The number of nitrogens with two attached hydrogens (primary N) is 1. The van der Waals surface area contributed by atoms with Crippen LogP contribution < -0.4 is 11.2 Å². The van der Waals surface area contributed by atoms with Crippen LogP contribution in [-0.4, -0.2) is 24.6 Å². The van der Waals surface area contributed by atoms with E-state index in [1.54, 1.807) is 0 Å². The quantitative estimate of drug-likeness (QED) is 0.561. The van der Waals surface area contributed by atoms with Gasteiger partial charge in [0.25, 0.3) is 11.7 Å². The number of nitrogens with one attached hydrogen (secondary N) is 1. The van der Waals surface area contributed by atoms with E-state index in [1.807, 2.05) is 0 Å². The van der Waals surface area contributed by atoms with Gasteiger partial charge in [0.1, 0.15) is 0 Å². The van der Waals surface area contributed by atoms with Crippen molar-refractivity contribution in [3.05, 3.63) is 0 Å². The lowest BCUT2D eigenvalue weighted by molar-refractivity contribution is 0.912. The lowest BCUT2D eigenvalue weighted by atomic mass is 10.8. The van der Waals surface area contributed by atoms with E-state index >= 15 is 0 Å². The van der Waals surface area contributed by atoms with Crippen LogP contribution >= 0.6 is 0 Å². The number of hydrogen-bond acceptors (Lipinski definition) is 8. The summed E-state index contributed by atoms with van der Waals surface area (Å²) in [5.41, 5.74) is 7.98. The lowest BCUT2D eigenvalue weighted by Crippen LogP contribution is -2.07. The zero-order valence-corrected chi connectivity index (χ0v) is 6.21.